The fourth-order valence-corrected chi connectivity index (χ4v) is 1.16. The van der Waals surface area contributed by atoms with Crippen LogP contribution in [-0.2, 0) is 4.79 Å². The monoisotopic (exact) mass is 222 g/mol. The molecule has 1 rings (SSSR count). The van der Waals surface area contributed by atoms with Crippen LogP contribution in [0.15, 0.2) is 24.3 Å². The average molecular weight is 222 g/mol. The zero-order valence-electron chi connectivity index (χ0n) is 9.82. The SMILES string of the molecule is CC(C)(C)[C@@H](N)C(=O)Nc1ccc(O)cc1. The van der Waals surface area contributed by atoms with Gasteiger partial charge in [0.05, 0.1) is 6.04 Å². The minimum absolute atomic E-state index is 0.165. The number of phenols is 1. The summed E-state index contributed by atoms with van der Waals surface area (Å²) in [6.07, 6.45) is 0. The summed E-state index contributed by atoms with van der Waals surface area (Å²) >= 11 is 0. The zero-order chi connectivity index (χ0) is 12.3. The van der Waals surface area contributed by atoms with Crippen molar-refractivity contribution >= 4 is 11.6 Å². The minimum Gasteiger partial charge on any atom is -0.508 e. The first kappa shape index (κ1) is 12.5. The number of aromatic hydroxyl groups is 1. The third-order valence-corrected chi connectivity index (χ3v) is 2.35. The van der Waals surface area contributed by atoms with Crippen molar-refractivity contribution < 1.29 is 9.90 Å². The molecule has 1 aromatic rings. The van der Waals surface area contributed by atoms with Gasteiger partial charge in [0, 0.05) is 5.69 Å². The first-order valence-electron chi connectivity index (χ1n) is 5.16. The highest BCUT2D eigenvalue weighted by Gasteiger charge is 2.27. The smallest absolute Gasteiger partial charge is 0.241 e. The average Bonchev–Trinajstić information content (AvgIpc) is 2.19. The lowest BCUT2D eigenvalue weighted by atomic mass is 9.87. The predicted octanol–water partition coefficient (Wildman–Crippen LogP) is 1.70. The van der Waals surface area contributed by atoms with Gasteiger partial charge in [-0.25, -0.2) is 0 Å². The standard InChI is InChI=1S/C12H18N2O2/c1-12(2,3)10(13)11(16)14-8-4-6-9(15)7-5-8/h4-7,10,15H,13H2,1-3H3,(H,14,16)/t10-/m0/s1. The molecule has 4 N–H and O–H groups in total. The summed E-state index contributed by atoms with van der Waals surface area (Å²) in [5.74, 6) is -0.0590. The van der Waals surface area contributed by atoms with Crippen LogP contribution in [0.1, 0.15) is 20.8 Å². The van der Waals surface area contributed by atoms with Crippen molar-refractivity contribution in [1.82, 2.24) is 0 Å². The molecule has 0 unspecified atom stereocenters. The van der Waals surface area contributed by atoms with Gasteiger partial charge in [-0.1, -0.05) is 20.8 Å². The number of hydrogen-bond donors (Lipinski definition) is 3. The number of nitrogens with one attached hydrogen (secondary N) is 1. The van der Waals surface area contributed by atoms with Crippen molar-refractivity contribution in [3.05, 3.63) is 24.3 Å². The minimum atomic E-state index is -0.568. The molecule has 0 aliphatic rings. The second kappa shape index (κ2) is 4.53. The third-order valence-electron chi connectivity index (χ3n) is 2.35. The number of carbonyl (C=O) groups excluding carboxylic acids is 1. The fraction of sp³-hybridized carbons (Fsp3) is 0.417. The van der Waals surface area contributed by atoms with E-state index in [-0.39, 0.29) is 17.1 Å². The van der Waals surface area contributed by atoms with Crippen LogP contribution in [0.3, 0.4) is 0 Å². The van der Waals surface area contributed by atoms with Crippen molar-refractivity contribution in [2.75, 3.05) is 5.32 Å². The quantitative estimate of drug-likeness (QED) is 0.667. The van der Waals surface area contributed by atoms with E-state index in [1.54, 1.807) is 12.1 Å². The normalized spacial score (nSPS) is 13.2. The molecule has 1 amide bonds. The summed E-state index contributed by atoms with van der Waals surface area (Å²) in [6, 6.07) is 5.71. The van der Waals surface area contributed by atoms with E-state index < -0.39 is 6.04 Å². The van der Waals surface area contributed by atoms with Gasteiger partial charge < -0.3 is 16.2 Å². The largest absolute Gasteiger partial charge is 0.508 e. The Kier molecular flexibility index (Phi) is 3.55. The van der Waals surface area contributed by atoms with Gasteiger partial charge in [0.15, 0.2) is 0 Å². The van der Waals surface area contributed by atoms with Crippen LogP contribution in [0, 0.1) is 5.41 Å². The molecule has 0 heterocycles. The molecule has 4 heteroatoms. The molecule has 88 valence electrons. The lowest BCUT2D eigenvalue weighted by molar-refractivity contribution is -0.119. The van der Waals surface area contributed by atoms with Crippen LogP contribution < -0.4 is 11.1 Å². The van der Waals surface area contributed by atoms with E-state index in [1.807, 2.05) is 20.8 Å². The van der Waals surface area contributed by atoms with Crippen LogP contribution in [0.5, 0.6) is 5.75 Å². The number of anilines is 1. The van der Waals surface area contributed by atoms with Gasteiger partial charge >= 0.3 is 0 Å². The summed E-state index contributed by atoms with van der Waals surface area (Å²) < 4.78 is 0. The van der Waals surface area contributed by atoms with Crippen LogP contribution in [0.2, 0.25) is 0 Å². The van der Waals surface area contributed by atoms with E-state index in [2.05, 4.69) is 5.32 Å². The van der Waals surface area contributed by atoms with Gasteiger partial charge in [-0.05, 0) is 29.7 Å². The fourth-order valence-electron chi connectivity index (χ4n) is 1.16. The summed E-state index contributed by atoms with van der Waals surface area (Å²) in [7, 11) is 0. The van der Waals surface area contributed by atoms with Crippen molar-refractivity contribution in [1.29, 1.82) is 0 Å². The van der Waals surface area contributed by atoms with Crippen molar-refractivity contribution in [2.24, 2.45) is 11.1 Å². The summed E-state index contributed by atoms with van der Waals surface area (Å²) in [4.78, 5) is 11.7. The molecule has 1 atom stereocenters. The molecule has 1 aromatic carbocycles. The van der Waals surface area contributed by atoms with Crippen molar-refractivity contribution in [3.63, 3.8) is 0 Å². The van der Waals surface area contributed by atoms with E-state index in [0.29, 0.717) is 5.69 Å². The highest BCUT2D eigenvalue weighted by molar-refractivity contribution is 5.95. The molecule has 0 aliphatic carbocycles. The highest BCUT2D eigenvalue weighted by Crippen LogP contribution is 2.19. The van der Waals surface area contributed by atoms with E-state index in [1.165, 1.54) is 12.1 Å². The Hall–Kier alpha value is -1.55. The molecule has 0 spiro atoms. The van der Waals surface area contributed by atoms with Crippen LogP contribution >= 0.6 is 0 Å². The second-order valence-corrected chi connectivity index (χ2v) is 4.88. The molecule has 0 aliphatic heterocycles. The second-order valence-electron chi connectivity index (χ2n) is 4.88. The number of phenolic OH excluding ortho intramolecular Hbond substituents is 1. The lowest BCUT2D eigenvalue weighted by Crippen LogP contribution is -2.45. The first-order chi connectivity index (χ1) is 7.30. The zero-order valence-corrected chi connectivity index (χ0v) is 9.82. The highest BCUT2D eigenvalue weighted by atomic mass is 16.3. The first-order valence-corrected chi connectivity index (χ1v) is 5.16. The Morgan fingerprint density at radius 2 is 1.81 bits per heavy atom. The van der Waals surface area contributed by atoms with Gasteiger partial charge in [-0.3, -0.25) is 4.79 Å². The van der Waals surface area contributed by atoms with Crippen LogP contribution in [-0.4, -0.2) is 17.1 Å². The van der Waals surface area contributed by atoms with Gasteiger partial charge in [0.25, 0.3) is 0 Å². The van der Waals surface area contributed by atoms with E-state index in [9.17, 15) is 4.79 Å². The maximum atomic E-state index is 11.7. The summed E-state index contributed by atoms with van der Waals surface area (Å²) in [5, 5.41) is 11.8. The molecule has 4 nitrogen and oxygen atoms in total. The number of amides is 1. The van der Waals surface area contributed by atoms with Gasteiger partial charge in [-0.15, -0.1) is 0 Å². The molecule has 0 radical (unpaired) electrons. The van der Waals surface area contributed by atoms with E-state index in [4.69, 9.17) is 10.8 Å². The van der Waals surface area contributed by atoms with E-state index >= 15 is 0 Å². The van der Waals surface area contributed by atoms with E-state index in [0.717, 1.165) is 0 Å². The number of carbonyl (C=O) groups is 1. The molecule has 0 fully saturated rings. The van der Waals surface area contributed by atoms with Gasteiger partial charge in [-0.2, -0.15) is 0 Å². The number of benzene rings is 1. The van der Waals surface area contributed by atoms with Crippen LogP contribution in [0.4, 0.5) is 5.69 Å². The molecular weight excluding hydrogens is 204 g/mol. The maximum absolute atomic E-state index is 11.7. The van der Waals surface area contributed by atoms with Crippen LogP contribution in [0.25, 0.3) is 0 Å². The molecule has 0 aromatic heterocycles. The molecule has 0 bridgehead atoms. The molecular formula is C12H18N2O2. The predicted molar refractivity (Wildman–Crippen MR) is 64.2 cm³/mol. The third kappa shape index (κ3) is 3.24. The molecule has 16 heavy (non-hydrogen) atoms. The topological polar surface area (TPSA) is 75.4 Å². The number of nitrogens with two attached hydrogens (primary N) is 1. The maximum Gasteiger partial charge on any atom is 0.241 e. The summed E-state index contributed by atoms with van der Waals surface area (Å²) in [6.45, 7) is 5.73. The van der Waals surface area contributed by atoms with Gasteiger partial charge in [0.1, 0.15) is 5.75 Å². The Labute approximate surface area is 95.5 Å². The molecule has 0 saturated carbocycles. The Morgan fingerprint density at radius 1 is 1.31 bits per heavy atom. The molecule has 0 saturated heterocycles. The summed E-state index contributed by atoms with van der Waals surface area (Å²) in [5.41, 5.74) is 6.16. The Bertz CT molecular complexity index is 366. The number of hydrogen-bond acceptors (Lipinski definition) is 3. The Morgan fingerprint density at radius 3 is 2.25 bits per heavy atom. The van der Waals surface area contributed by atoms with Gasteiger partial charge in [0.2, 0.25) is 5.91 Å². The number of rotatable bonds is 2. The van der Waals surface area contributed by atoms with Crippen molar-refractivity contribution in [3.8, 4) is 5.75 Å². The lowest BCUT2D eigenvalue weighted by Gasteiger charge is -2.25. The van der Waals surface area contributed by atoms with Crippen molar-refractivity contribution in [2.45, 2.75) is 26.8 Å². The Balaban J connectivity index is 2.68.